The molecule has 1 rings (SSSR count). The van der Waals surface area contributed by atoms with E-state index in [-0.39, 0.29) is 19.0 Å². The first-order valence-electron chi connectivity index (χ1n) is 5.60. The summed E-state index contributed by atoms with van der Waals surface area (Å²) in [5.74, 6) is -0.664. The normalized spacial score (nSPS) is 9.79. The highest BCUT2D eigenvalue weighted by atomic mass is 16.5. The van der Waals surface area contributed by atoms with Gasteiger partial charge in [-0.15, -0.1) is 0 Å². The maximum absolute atomic E-state index is 11.7. The topological polar surface area (TPSA) is 82.4 Å². The molecule has 100 valence electrons. The standard InChI is InChI=1S/C13H15N3O3/c1-16(9-13(18)19-2)8-12(17)15-11-5-3-4-10(6-11)7-14/h3-6H,8-9H2,1-2H3,(H,15,17). The summed E-state index contributed by atoms with van der Waals surface area (Å²) in [7, 11) is 2.94. The SMILES string of the molecule is COC(=O)CN(C)CC(=O)Nc1cccc(C#N)c1. The molecule has 6 heteroatoms. The first kappa shape index (κ1) is 14.7. The lowest BCUT2D eigenvalue weighted by Gasteiger charge is -2.14. The van der Waals surface area contributed by atoms with Gasteiger partial charge in [-0.2, -0.15) is 5.26 Å². The van der Waals surface area contributed by atoms with Crippen molar-refractivity contribution >= 4 is 17.6 Å². The van der Waals surface area contributed by atoms with Crippen molar-refractivity contribution < 1.29 is 14.3 Å². The lowest BCUT2D eigenvalue weighted by atomic mass is 10.2. The molecule has 1 aromatic carbocycles. The highest BCUT2D eigenvalue weighted by Gasteiger charge is 2.10. The van der Waals surface area contributed by atoms with Gasteiger partial charge in [-0.05, 0) is 25.2 Å². The van der Waals surface area contributed by atoms with E-state index < -0.39 is 5.97 Å². The number of nitrogens with zero attached hydrogens (tertiary/aromatic N) is 2. The van der Waals surface area contributed by atoms with Crippen molar-refractivity contribution in [1.29, 1.82) is 5.26 Å². The second kappa shape index (κ2) is 7.13. The van der Waals surface area contributed by atoms with Gasteiger partial charge in [0.05, 0.1) is 31.8 Å². The van der Waals surface area contributed by atoms with Crippen LogP contribution >= 0.6 is 0 Å². The Hall–Kier alpha value is -2.39. The maximum Gasteiger partial charge on any atom is 0.319 e. The maximum atomic E-state index is 11.7. The number of esters is 1. The number of benzene rings is 1. The Morgan fingerprint density at radius 3 is 2.79 bits per heavy atom. The first-order chi connectivity index (χ1) is 9.05. The molecule has 0 aromatic heterocycles. The van der Waals surface area contributed by atoms with Crippen molar-refractivity contribution in [1.82, 2.24) is 4.90 Å². The fraction of sp³-hybridized carbons (Fsp3) is 0.308. The molecular formula is C13H15N3O3. The molecule has 0 unspecified atom stereocenters. The minimum Gasteiger partial charge on any atom is -0.468 e. The van der Waals surface area contributed by atoms with Crippen LogP contribution in [0.2, 0.25) is 0 Å². The molecule has 0 saturated carbocycles. The smallest absolute Gasteiger partial charge is 0.319 e. The number of rotatable bonds is 5. The molecule has 0 aliphatic carbocycles. The summed E-state index contributed by atoms with van der Waals surface area (Å²) in [5.41, 5.74) is 1.02. The highest BCUT2D eigenvalue weighted by Crippen LogP contribution is 2.09. The Labute approximate surface area is 111 Å². The lowest BCUT2D eigenvalue weighted by Crippen LogP contribution is -2.34. The van der Waals surface area contributed by atoms with Crippen LogP contribution in [0, 0.1) is 11.3 Å². The number of methoxy groups -OCH3 is 1. The van der Waals surface area contributed by atoms with Gasteiger partial charge < -0.3 is 10.1 Å². The fourth-order valence-corrected chi connectivity index (χ4v) is 1.45. The molecule has 1 aromatic rings. The Bertz CT molecular complexity index is 508. The molecule has 0 radical (unpaired) electrons. The number of carbonyl (C=O) groups excluding carboxylic acids is 2. The van der Waals surface area contributed by atoms with Gasteiger partial charge in [0, 0.05) is 5.69 Å². The van der Waals surface area contributed by atoms with Crippen LogP contribution in [-0.4, -0.2) is 44.0 Å². The number of anilines is 1. The van der Waals surface area contributed by atoms with E-state index in [1.807, 2.05) is 6.07 Å². The largest absolute Gasteiger partial charge is 0.468 e. The molecule has 0 saturated heterocycles. The van der Waals surface area contributed by atoms with E-state index in [0.717, 1.165) is 0 Å². The van der Waals surface area contributed by atoms with Crippen molar-refractivity contribution in [2.45, 2.75) is 0 Å². The second-order valence-electron chi connectivity index (χ2n) is 3.99. The number of carbonyl (C=O) groups is 2. The van der Waals surface area contributed by atoms with Gasteiger partial charge in [-0.1, -0.05) is 6.07 Å². The summed E-state index contributed by atoms with van der Waals surface area (Å²) in [5, 5.41) is 11.4. The Balaban J connectivity index is 2.51. The summed E-state index contributed by atoms with van der Waals surface area (Å²) in [4.78, 5) is 24.3. The minimum atomic E-state index is -0.401. The van der Waals surface area contributed by atoms with Crippen molar-refractivity contribution in [3.8, 4) is 6.07 Å². The van der Waals surface area contributed by atoms with E-state index in [4.69, 9.17) is 5.26 Å². The molecule has 0 fully saturated rings. The number of hydrogen-bond acceptors (Lipinski definition) is 5. The molecular weight excluding hydrogens is 246 g/mol. The summed E-state index contributed by atoms with van der Waals surface area (Å²) in [6.07, 6.45) is 0. The van der Waals surface area contributed by atoms with Crippen molar-refractivity contribution in [3.63, 3.8) is 0 Å². The number of amides is 1. The van der Waals surface area contributed by atoms with Crippen molar-refractivity contribution in [2.24, 2.45) is 0 Å². The molecule has 0 aliphatic heterocycles. The minimum absolute atomic E-state index is 0.0438. The van der Waals surface area contributed by atoms with Gasteiger partial charge in [0.15, 0.2) is 0 Å². The van der Waals surface area contributed by atoms with Gasteiger partial charge >= 0.3 is 5.97 Å². The van der Waals surface area contributed by atoms with Gasteiger partial charge in [-0.25, -0.2) is 0 Å². The number of ether oxygens (including phenoxy) is 1. The Morgan fingerprint density at radius 1 is 1.42 bits per heavy atom. The van der Waals surface area contributed by atoms with Crippen molar-refractivity contribution in [2.75, 3.05) is 32.6 Å². The quantitative estimate of drug-likeness (QED) is 0.785. The van der Waals surface area contributed by atoms with Crippen molar-refractivity contribution in [3.05, 3.63) is 29.8 Å². The van der Waals surface area contributed by atoms with E-state index in [1.165, 1.54) is 12.0 Å². The highest BCUT2D eigenvalue weighted by molar-refractivity contribution is 5.92. The number of nitriles is 1. The van der Waals surface area contributed by atoms with Crippen LogP contribution in [0.1, 0.15) is 5.56 Å². The van der Waals surface area contributed by atoms with Crippen LogP contribution in [0.5, 0.6) is 0 Å². The average Bonchev–Trinajstić information content (AvgIpc) is 2.38. The van der Waals surface area contributed by atoms with Crippen LogP contribution in [0.4, 0.5) is 5.69 Å². The van der Waals surface area contributed by atoms with E-state index in [0.29, 0.717) is 11.3 Å². The van der Waals surface area contributed by atoms with E-state index in [1.54, 1.807) is 31.3 Å². The predicted octanol–water partition coefficient (Wildman–Crippen LogP) is 0.602. The molecule has 0 aliphatic rings. The van der Waals surface area contributed by atoms with E-state index >= 15 is 0 Å². The number of nitrogens with one attached hydrogen (secondary N) is 1. The summed E-state index contributed by atoms with van der Waals surface area (Å²) in [6, 6.07) is 8.61. The summed E-state index contributed by atoms with van der Waals surface area (Å²) in [6.45, 7) is 0.105. The number of likely N-dealkylation sites (N-methyl/N-ethyl adjacent to an activating group) is 1. The molecule has 1 amide bonds. The third kappa shape index (κ3) is 5.19. The number of hydrogen-bond donors (Lipinski definition) is 1. The van der Waals surface area contributed by atoms with E-state index in [9.17, 15) is 9.59 Å². The zero-order chi connectivity index (χ0) is 14.3. The predicted molar refractivity (Wildman–Crippen MR) is 69.3 cm³/mol. The fourth-order valence-electron chi connectivity index (χ4n) is 1.45. The van der Waals surface area contributed by atoms with Gasteiger partial charge in [0.25, 0.3) is 0 Å². The zero-order valence-electron chi connectivity index (χ0n) is 10.8. The monoisotopic (exact) mass is 261 g/mol. The summed E-state index contributed by atoms with van der Waals surface area (Å²) >= 11 is 0. The third-order valence-electron chi connectivity index (χ3n) is 2.32. The van der Waals surface area contributed by atoms with Gasteiger partial charge in [0.2, 0.25) is 5.91 Å². The van der Waals surface area contributed by atoms with Crippen LogP contribution in [0.15, 0.2) is 24.3 Å². The lowest BCUT2D eigenvalue weighted by molar-refractivity contribution is -0.141. The molecule has 0 atom stereocenters. The third-order valence-corrected chi connectivity index (χ3v) is 2.32. The Morgan fingerprint density at radius 2 is 2.16 bits per heavy atom. The average molecular weight is 261 g/mol. The first-order valence-corrected chi connectivity index (χ1v) is 5.60. The van der Waals surface area contributed by atoms with Gasteiger partial charge in [0.1, 0.15) is 0 Å². The van der Waals surface area contributed by atoms with Crippen LogP contribution in [-0.2, 0) is 14.3 Å². The summed E-state index contributed by atoms with van der Waals surface area (Å²) < 4.78 is 4.50. The second-order valence-corrected chi connectivity index (χ2v) is 3.99. The molecule has 6 nitrogen and oxygen atoms in total. The van der Waals surface area contributed by atoms with E-state index in [2.05, 4.69) is 10.1 Å². The van der Waals surface area contributed by atoms with Crippen LogP contribution in [0.3, 0.4) is 0 Å². The molecule has 1 N–H and O–H groups in total. The Kier molecular flexibility index (Phi) is 5.51. The van der Waals surface area contributed by atoms with Gasteiger partial charge in [-0.3, -0.25) is 14.5 Å². The molecule has 19 heavy (non-hydrogen) atoms. The van der Waals surface area contributed by atoms with Crippen LogP contribution < -0.4 is 5.32 Å². The molecule has 0 heterocycles. The molecule has 0 spiro atoms. The zero-order valence-corrected chi connectivity index (χ0v) is 10.8. The van der Waals surface area contributed by atoms with Crippen LogP contribution in [0.25, 0.3) is 0 Å². The molecule has 0 bridgehead atoms.